The van der Waals surface area contributed by atoms with Crippen LogP contribution in [-0.2, 0) is 0 Å². The second kappa shape index (κ2) is 6.89. The molecular formula is C14H24N6S. The summed E-state index contributed by atoms with van der Waals surface area (Å²) >= 11 is 4.89. The highest BCUT2D eigenvalue weighted by atomic mass is 32.1. The van der Waals surface area contributed by atoms with Gasteiger partial charge < -0.3 is 21.3 Å². The van der Waals surface area contributed by atoms with Gasteiger partial charge in [-0.15, -0.1) is 0 Å². The molecule has 7 heteroatoms. The van der Waals surface area contributed by atoms with Crippen molar-refractivity contribution in [2.24, 2.45) is 5.73 Å². The smallest absolute Gasteiger partial charge is 0.163 e. The fourth-order valence-electron chi connectivity index (χ4n) is 2.65. The normalized spacial score (nSPS) is 21.7. The number of thiocarbonyl (C=S) groups is 1. The van der Waals surface area contributed by atoms with Gasteiger partial charge in [-0.2, -0.15) is 0 Å². The first-order valence-corrected chi connectivity index (χ1v) is 7.70. The molecule has 1 heterocycles. The standard InChI is InChI=1S/C14H24N6S/c1-9-16-12(8-13(17-9)20(2)3)18-10-4-6-11(7-5-10)19-14(15)21/h8,10-11H,4-7H2,1-3H3,(H3,15,19,21)(H,16,17,18). The number of hydrogen-bond acceptors (Lipinski definition) is 5. The molecule has 1 aromatic rings. The number of aromatic nitrogens is 2. The summed E-state index contributed by atoms with van der Waals surface area (Å²) in [6.07, 6.45) is 4.31. The Morgan fingerprint density at radius 1 is 1.24 bits per heavy atom. The topological polar surface area (TPSA) is 79.1 Å². The van der Waals surface area contributed by atoms with Gasteiger partial charge in [-0.25, -0.2) is 9.97 Å². The van der Waals surface area contributed by atoms with Crippen molar-refractivity contribution in [1.82, 2.24) is 15.3 Å². The average molecular weight is 308 g/mol. The highest BCUT2D eigenvalue weighted by Gasteiger charge is 2.21. The van der Waals surface area contributed by atoms with E-state index in [2.05, 4.69) is 20.6 Å². The molecule has 1 aliphatic carbocycles. The molecule has 1 aliphatic rings. The van der Waals surface area contributed by atoms with E-state index in [1.54, 1.807) is 0 Å². The monoisotopic (exact) mass is 308 g/mol. The van der Waals surface area contributed by atoms with Crippen LogP contribution in [0.5, 0.6) is 0 Å². The van der Waals surface area contributed by atoms with Gasteiger partial charge in [0.15, 0.2) is 5.11 Å². The first-order valence-electron chi connectivity index (χ1n) is 7.29. The Bertz CT molecular complexity index is 496. The highest BCUT2D eigenvalue weighted by molar-refractivity contribution is 7.80. The van der Waals surface area contributed by atoms with Crippen molar-refractivity contribution in [1.29, 1.82) is 0 Å². The Hall–Kier alpha value is -1.63. The van der Waals surface area contributed by atoms with Crippen molar-refractivity contribution in [2.75, 3.05) is 24.3 Å². The van der Waals surface area contributed by atoms with Crippen molar-refractivity contribution >= 4 is 29.0 Å². The number of nitrogens with zero attached hydrogens (tertiary/aromatic N) is 3. The van der Waals surface area contributed by atoms with Crippen molar-refractivity contribution in [3.8, 4) is 0 Å². The van der Waals surface area contributed by atoms with Gasteiger partial charge >= 0.3 is 0 Å². The van der Waals surface area contributed by atoms with Gasteiger partial charge in [0, 0.05) is 32.2 Å². The van der Waals surface area contributed by atoms with Crippen molar-refractivity contribution in [3.05, 3.63) is 11.9 Å². The minimum Gasteiger partial charge on any atom is -0.376 e. The molecular weight excluding hydrogens is 284 g/mol. The van der Waals surface area contributed by atoms with Crippen LogP contribution < -0.4 is 21.3 Å². The van der Waals surface area contributed by atoms with E-state index in [1.807, 2.05) is 32.0 Å². The van der Waals surface area contributed by atoms with Crippen LogP contribution in [0.3, 0.4) is 0 Å². The number of nitrogens with one attached hydrogen (secondary N) is 2. The molecule has 0 atom stereocenters. The maximum Gasteiger partial charge on any atom is 0.163 e. The van der Waals surface area contributed by atoms with E-state index in [-0.39, 0.29) is 0 Å². The van der Waals surface area contributed by atoms with Crippen LogP contribution in [-0.4, -0.2) is 41.3 Å². The number of nitrogens with two attached hydrogens (primary N) is 1. The fraction of sp³-hybridized carbons (Fsp3) is 0.643. The summed E-state index contributed by atoms with van der Waals surface area (Å²) in [4.78, 5) is 10.9. The van der Waals surface area contributed by atoms with Gasteiger partial charge in [-0.1, -0.05) is 0 Å². The summed E-state index contributed by atoms with van der Waals surface area (Å²) in [5, 5.41) is 7.07. The Labute approximate surface area is 131 Å². The van der Waals surface area contributed by atoms with Crippen LogP contribution in [0.15, 0.2) is 6.07 Å². The van der Waals surface area contributed by atoms with Crippen molar-refractivity contribution < 1.29 is 0 Å². The van der Waals surface area contributed by atoms with E-state index in [0.29, 0.717) is 17.2 Å². The minimum atomic E-state index is 0.397. The molecule has 4 N–H and O–H groups in total. The zero-order chi connectivity index (χ0) is 15.4. The van der Waals surface area contributed by atoms with E-state index in [9.17, 15) is 0 Å². The molecule has 1 saturated carbocycles. The van der Waals surface area contributed by atoms with Gasteiger partial charge in [-0.05, 0) is 44.8 Å². The van der Waals surface area contributed by atoms with E-state index >= 15 is 0 Å². The van der Waals surface area contributed by atoms with E-state index in [0.717, 1.165) is 43.1 Å². The van der Waals surface area contributed by atoms with Crippen LogP contribution in [0, 0.1) is 6.92 Å². The molecule has 0 unspecified atom stereocenters. The lowest BCUT2D eigenvalue weighted by atomic mass is 9.91. The molecule has 0 bridgehead atoms. The lowest BCUT2D eigenvalue weighted by Gasteiger charge is -2.30. The lowest BCUT2D eigenvalue weighted by Crippen LogP contribution is -2.42. The fourth-order valence-corrected chi connectivity index (χ4v) is 2.81. The van der Waals surface area contributed by atoms with Crippen LogP contribution in [0.1, 0.15) is 31.5 Å². The first-order chi connectivity index (χ1) is 9.94. The van der Waals surface area contributed by atoms with Gasteiger partial charge in [0.1, 0.15) is 17.5 Å². The summed E-state index contributed by atoms with van der Waals surface area (Å²) in [5.41, 5.74) is 5.53. The number of aryl methyl sites for hydroxylation is 1. The maximum absolute atomic E-state index is 5.53. The number of anilines is 2. The van der Waals surface area contributed by atoms with E-state index < -0.39 is 0 Å². The Balaban J connectivity index is 1.93. The zero-order valence-corrected chi connectivity index (χ0v) is 13.7. The molecule has 0 aromatic carbocycles. The van der Waals surface area contributed by atoms with Gasteiger partial charge in [-0.3, -0.25) is 0 Å². The quantitative estimate of drug-likeness (QED) is 0.726. The Morgan fingerprint density at radius 3 is 2.43 bits per heavy atom. The number of hydrogen-bond donors (Lipinski definition) is 3. The summed E-state index contributed by atoms with van der Waals surface area (Å²) in [6, 6.07) is 2.84. The molecule has 116 valence electrons. The lowest BCUT2D eigenvalue weighted by molar-refractivity contribution is 0.387. The largest absolute Gasteiger partial charge is 0.376 e. The van der Waals surface area contributed by atoms with Crippen LogP contribution >= 0.6 is 12.2 Å². The van der Waals surface area contributed by atoms with E-state index in [4.69, 9.17) is 18.0 Å². The molecule has 2 rings (SSSR count). The SMILES string of the molecule is Cc1nc(NC2CCC(NC(N)=S)CC2)cc(N(C)C)n1. The van der Waals surface area contributed by atoms with Gasteiger partial charge in [0.05, 0.1) is 0 Å². The van der Waals surface area contributed by atoms with Crippen LogP contribution in [0.25, 0.3) is 0 Å². The average Bonchev–Trinajstić information content (AvgIpc) is 2.39. The first kappa shape index (κ1) is 15.8. The maximum atomic E-state index is 5.53. The summed E-state index contributed by atoms with van der Waals surface area (Å²) in [6.45, 7) is 1.92. The number of rotatable bonds is 4. The molecule has 0 radical (unpaired) electrons. The molecule has 21 heavy (non-hydrogen) atoms. The molecule has 0 amide bonds. The molecule has 0 aliphatic heterocycles. The molecule has 0 saturated heterocycles. The van der Waals surface area contributed by atoms with Gasteiger partial charge in [0.2, 0.25) is 0 Å². The minimum absolute atomic E-state index is 0.397. The third-order valence-corrected chi connectivity index (χ3v) is 3.83. The van der Waals surface area contributed by atoms with Crippen molar-refractivity contribution in [3.63, 3.8) is 0 Å². The summed E-state index contributed by atoms with van der Waals surface area (Å²) < 4.78 is 0. The summed E-state index contributed by atoms with van der Waals surface area (Å²) in [5.74, 6) is 2.61. The van der Waals surface area contributed by atoms with Crippen LogP contribution in [0.2, 0.25) is 0 Å². The Kier molecular flexibility index (Phi) is 5.17. The molecule has 0 spiro atoms. The van der Waals surface area contributed by atoms with Crippen LogP contribution in [0.4, 0.5) is 11.6 Å². The third kappa shape index (κ3) is 4.70. The second-order valence-electron chi connectivity index (χ2n) is 5.75. The molecule has 1 fully saturated rings. The summed E-state index contributed by atoms with van der Waals surface area (Å²) in [7, 11) is 3.97. The predicted octanol–water partition coefficient (Wildman–Crippen LogP) is 1.41. The molecule has 6 nitrogen and oxygen atoms in total. The van der Waals surface area contributed by atoms with Gasteiger partial charge in [0.25, 0.3) is 0 Å². The third-order valence-electron chi connectivity index (χ3n) is 3.71. The zero-order valence-electron chi connectivity index (χ0n) is 12.9. The predicted molar refractivity (Wildman–Crippen MR) is 90.7 cm³/mol. The highest BCUT2D eigenvalue weighted by Crippen LogP contribution is 2.23. The Morgan fingerprint density at radius 2 is 1.86 bits per heavy atom. The van der Waals surface area contributed by atoms with E-state index in [1.165, 1.54) is 0 Å². The second-order valence-corrected chi connectivity index (χ2v) is 6.19. The van der Waals surface area contributed by atoms with Crippen molar-refractivity contribution in [2.45, 2.75) is 44.7 Å². The molecule has 1 aromatic heterocycles.